The molecule has 1 saturated heterocycles. The monoisotopic (exact) mass is 328 g/mol. The number of hydrogen-bond acceptors (Lipinski definition) is 4. The molecule has 1 aromatic rings. The lowest BCUT2D eigenvalue weighted by molar-refractivity contribution is -0.126. The molecular weight excluding hydrogens is 300 g/mol. The summed E-state index contributed by atoms with van der Waals surface area (Å²) >= 11 is 0. The molecule has 1 aromatic carbocycles. The SMILES string of the molecule is Cc1cccc(N2CCN(CCCNC(=O)C(C)(C)C#N)CC2)c1. The smallest absolute Gasteiger partial charge is 0.239 e. The highest BCUT2D eigenvalue weighted by molar-refractivity contribution is 5.84. The maximum Gasteiger partial charge on any atom is 0.239 e. The number of carbonyl (C=O) groups excluding carboxylic acids is 1. The van der Waals surface area contributed by atoms with Gasteiger partial charge in [0.15, 0.2) is 0 Å². The molecule has 5 heteroatoms. The van der Waals surface area contributed by atoms with Crippen LogP contribution in [0.25, 0.3) is 0 Å². The molecule has 1 aliphatic rings. The molecule has 1 N–H and O–H groups in total. The van der Waals surface area contributed by atoms with Crippen LogP contribution in [0.3, 0.4) is 0 Å². The van der Waals surface area contributed by atoms with Crippen LogP contribution in [0.15, 0.2) is 24.3 Å². The van der Waals surface area contributed by atoms with Crippen LogP contribution in [0, 0.1) is 23.7 Å². The fraction of sp³-hybridized carbons (Fsp3) is 0.579. The maximum atomic E-state index is 11.8. The maximum absolute atomic E-state index is 11.8. The normalized spacial score (nSPS) is 15.8. The minimum atomic E-state index is -0.945. The van der Waals surface area contributed by atoms with E-state index < -0.39 is 5.41 Å². The summed E-state index contributed by atoms with van der Waals surface area (Å²) in [5.41, 5.74) is 1.66. The number of piperazine rings is 1. The molecule has 1 aliphatic heterocycles. The number of benzene rings is 1. The first-order valence-corrected chi connectivity index (χ1v) is 8.66. The van der Waals surface area contributed by atoms with E-state index in [0.717, 1.165) is 39.1 Å². The van der Waals surface area contributed by atoms with Crippen LogP contribution < -0.4 is 10.2 Å². The fourth-order valence-corrected chi connectivity index (χ4v) is 2.83. The van der Waals surface area contributed by atoms with E-state index in [2.05, 4.69) is 46.3 Å². The van der Waals surface area contributed by atoms with Crippen molar-refractivity contribution in [3.05, 3.63) is 29.8 Å². The van der Waals surface area contributed by atoms with E-state index in [0.29, 0.717) is 6.54 Å². The third kappa shape index (κ3) is 4.97. The van der Waals surface area contributed by atoms with Crippen LogP contribution in [-0.4, -0.2) is 50.1 Å². The first-order valence-electron chi connectivity index (χ1n) is 8.66. The highest BCUT2D eigenvalue weighted by Gasteiger charge is 2.26. The van der Waals surface area contributed by atoms with Crippen molar-refractivity contribution in [1.29, 1.82) is 5.26 Å². The molecule has 0 atom stereocenters. The number of amides is 1. The van der Waals surface area contributed by atoms with Crippen molar-refractivity contribution in [2.24, 2.45) is 5.41 Å². The number of aryl methyl sites for hydroxylation is 1. The molecule has 0 aromatic heterocycles. The number of nitriles is 1. The van der Waals surface area contributed by atoms with E-state index in [-0.39, 0.29) is 5.91 Å². The Morgan fingerprint density at radius 1 is 1.29 bits per heavy atom. The molecule has 130 valence electrons. The zero-order valence-corrected chi connectivity index (χ0v) is 15.0. The average Bonchev–Trinajstić information content (AvgIpc) is 2.59. The molecule has 5 nitrogen and oxygen atoms in total. The second-order valence-corrected chi connectivity index (χ2v) is 7.01. The molecule has 0 bridgehead atoms. The molecule has 1 heterocycles. The van der Waals surface area contributed by atoms with Crippen LogP contribution in [0.2, 0.25) is 0 Å². The van der Waals surface area contributed by atoms with Crippen molar-refractivity contribution >= 4 is 11.6 Å². The number of nitrogens with zero attached hydrogens (tertiary/aromatic N) is 3. The Hall–Kier alpha value is -2.06. The largest absolute Gasteiger partial charge is 0.369 e. The van der Waals surface area contributed by atoms with E-state index in [1.807, 2.05) is 6.07 Å². The van der Waals surface area contributed by atoms with Crippen molar-refractivity contribution < 1.29 is 4.79 Å². The van der Waals surface area contributed by atoms with Gasteiger partial charge in [-0.25, -0.2) is 0 Å². The number of rotatable bonds is 6. The Labute approximate surface area is 145 Å². The van der Waals surface area contributed by atoms with Gasteiger partial charge in [-0.05, 0) is 51.4 Å². The zero-order valence-electron chi connectivity index (χ0n) is 15.0. The Bertz CT molecular complexity index is 598. The summed E-state index contributed by atoms with van der Waals surface area (Å²) in [6, 6.07) is 10.7. The van der Waals surface area contributed by atoms with E-state index in [1.165, 1.54) is 11.3 Å². The third-order valence-electron chi connectivity index (χ3n) is 4.52. The second-order valence-electron chi connectivity index (χ2n) is 7.01. The highest BCUT2D eigenvalue weighted by atomic mass is 16.2. The molecule has 1 amide bonds. The van der Waals surface area contributed by atoms with Gasteiger partial charge in [0.1, 0.15) is 5.41 Å². The average molecular weight is 328 g/mol. The fourth-order valence-electron chi connectivity index (χ4n) is 2.83. The van der Waals surface area contributed by atoms with Gasteiger partial charge in [0, 0.05) is 38.4 Å². The summed E-state index contributed by atoms with van der Waals surface area (Å²) in [6.07, 6.45) is 0.914. The van der Waals surface area contributed by atoms with Gasteiger partial charge in [-0.3, -0.25) is 9.69 Å². The summed E-state index contributed by atoms with van der Waals surface area (Å²) in [7, 11) is 0. The minimum absolute atomic E-state index is 0.186. The molecule has 0 radical (unpaired) electrons. The van der Waals surface area contributed by atoms with Crippen LogP contribution >= 0.6 is 0 Å². The van der Waals surface area contributed by atoms with Crippen LogP contribution in [-0.2, 0) is 4.79 Å². The van der Waals surface area contributed by atoms with Crippen molar-refractivity contribution in [2.75, 3.05) is 44.2 Å². The van der Waals surface area contributed by atoms with Crippen LogP contribution in [0.4, 0.5) is 5.69 Å². The summed E-state index contributed by atoms with van der Waals surface area (Å²) in [6.45, 7) is 11.2. The lowest BCUT2D eigenvalue weighted by atomic mass is 9.95. The Balaban J connectivity index is 1.67. The minimum Gasteiger partial charge on any atom is -0.369 e. The van der Waals surface area contributed by atoms with Crippen LogP contribution in [0.5, 0.6) is 0 Å². The molecule has 0 spiro atoms. The first-order chi connectivity index (χ1) is 11.4. The van der Waals surface area contributed by atoms with E-state index in [9.17, 15) is 4.79 Å². The third-order valence-corrected chi connectivity index (χ3v) is 4.52. The number of anilines is 1. The van der Waals surface area contributed by atoms with E-state index in [4.69, 9.17) is 5.26 Å². The number of hydrogen-bond donors (Lipinski definition) is 1. The van der Waals surface area contributed by atoms with E-state index in [1.54, 1.807) is 13.8 Å². The summed E-state index contributed by atoms with van der Waals surface area (Å²) in [5.74, 6) is -0.186. The topological polar surface area (TPSA) is 59.4 Å². The standard InChI is InChI=1S/C19H28N4O/c1-16-6-4-7-17(14-16)23-12-10-22(11-13-23)9-5-8-21-18(24)19(2,3)15-20/h4,6-7,14H,5,8-13H2,1-3H3,(H,21,24). The molecule has 1 fully saturated rings. The van der Waals surface area contributed by atoms with Crippen molar-refractivity contribution in [3.63, 3.8) is 0 Å². The van der Waals surface area contributed by atoms with Gasteiger partial charge in [0.25, 0.3) is 0 Å². The molecule has 24 heavy (non-hydrogen) atoms. The Morgan fingerprint density at radius 2 is 2.00 bits per heavy atom. The second kappa shape index (κ2) is 8.16. The quantitative estimate of drug-likeness (QED) is 0.813. The van der Waals surface area contributed by atoms with Gasteiger partial charge >= 0.3 is 0 Å². The Kier molecular flexibility index (Phi) is 6.22. The molecule has 0 aliphatic carbocycles. The predicted molar refractivity (Wildman–Crippen MR) is 96.9 cm³/mol. The van der Waals surface area contributed by atoms with Gasteiger partial charge in [-0.1, -0.05) is 12.1 Å². The van der Waals surface area contributed by atoms with Gasteiger partial charge in [-0.2, -0.15) is 5.26 Å². The summed E-state index contributed by atoms with van der Waals surface area (Å²) in [4.78, 5) is 16.7. The summed E-state index contributed by atoms with van der Waals surface area (Å²) in [5, 5.41) is 11.8. The summed E-state index contributed by atoms with van der Waals surface area (Å²) < 4.78 is 0. The van der Waals surface area contributed by atoms with Gasteiger partial charge in [0.2, 0.25) is 5.91 Å². The lowest BCUT2D eigenvalue weighted by Crippen LogP contribution is -2.47. The number of nitrogens with one attached hydrogen (secondary N) is 1. The Morgan fingerprint density at radius 3 is 2.62 bits per heavy atom. The molecular formula is C19H28N4O. The van der Waals surface area contributed by atoms with Gasteiger partial charge < -0.3 is 10.2 Å². The van der Waals surface area contributed by atoms with Crippen LogP contribution in [0.1, 0.15) is 25.8 Å². The van der Waals surface area contributed by atoms with Crippen molar-refractivity contribution in [2.45, 2.75) is 27.2 Å². The predicted octanol–water partition coefficient (Wildman–Crippen LogP) is 2.17. The lowest BCUT2D eigenvalue weighted by Gasteiger charge is -2.36. The zero-order chi connectivity index (χ0) is 17.6. The first kappa shape index (κ1) is 18.3. The number of carbonyl (C=O) groups is 1. The highest BCUT2D eigenvalue weighted by Crippen LogP contribution is 2.18. The van der Waals surface area contributed by atoms with Gasteiger partial charge in [-0.15, -0.1) is 0 Å². The molecule has 0 unspecified atom stereocenters. The molecule has 2 rings (SSSR count). The molecule has 0 saturated carbocycles. The van der Waals surface area contributed by atoms with Crippen molar-refractivity contribution in [1.82, 2.24) is 10.2 Å². The van der Waals surface area contributed by atoms with Crippen molar-refractivity contribution in [3.8, 4) is 6.07 Å². The van der Waals surface area contributed by atoms with E-state index >= 15 is 0 Å². The van der Waals surface area contributed by atoms with Gasteiger partial charge in [0.05, 0.1) is 6.07 Å².